The number of anilines is 1. The summed E-state index contributed by atoms with van der Waals surface area (Å²) in [4.78, 5) is 0. The van der Waals surface area contributed by atoms with Crippen LogP contribution in [-0.4, -0.2) is 7.11 Å². The highest BCUT2D eigenvalue weighted by molar-refractivity contribution is 5.94. The first-order valence-corrected chi connectivity index (χ1v) is 3.62. The summed E-state index contributed by atoms with van der Waals surface area (Å²) in [7, 11) is 1.61. The second-order valence-corrected chi connectivity index (χ2v) is 2.52. The smallest absolute Gasteiger partial charge is 0.139 e. The van der Waals surface area contributed by atoms with Crippen LogP contribution in [0.2, 0.25) is 0 Å². The second kappa shape index (κ2) is 2.44. The minimum Gasteiger partial charge on any atom is -0.496 e. The summed E-state index contributed by atoms with van der Waals surface area (Å²) >= 11 is 0. The molecule has 0 radical (unpaired) electrons. The Bertz CT molecular complexity index is 406. The van der Waals surface area contributed by atoms with Crippen LogP contribution in [0.5, 0.6) is 5.75 Å². The zero-order valence-corrected chi connectivity index (χ0v) is 6.70. The van der Waals surface area contributed by atoms with E-state index in [0.29, 0.717) is 5.69 Å². The fraction of sp³-hybridized carbons (Fsp3) is 0.111. The van der Waals surface area contributed by atoms with Gasteiger partial charge in [-0.1, -0.05) is 6.07 Å². The van der Waals surface area contributed by atoms with E-state index in [-0.39, 0.29) is 0 Å². The van der Waals surface area contributed by atoms with Gasteiger partial charge in [-0.25, -0.2) is 0 Å². The molecule has 0 saturated carbocycles. The summed E-state index contributed by atoms with van der Waals surface area (Å²) in [6, 6.07) is 5.58. The van der Waals surface area contributed by atoms with Crippen molar-refractivity contribution < 1.29 is 9.15 Å². The zero-order chi connectivity index (χ0) is 8.55. The number of benzene rings is 1. The number of rotatable bonds is 1. The van der Waals surface area contributed by atoms with E-state index < -0.39 is 0 Å². The molecule has 1 heterocycles. The lowest BCUT2D eigenvalue weighted by Crippen LogP contribution is -1.86. The van der Waals surface area contributed by atoms with Crippen LogP contribution >= 0.6 is 0 Å². The van der Waals surface area contributed by atoms with Gasteiger partial charge in [0.25, 0.3) is 0 Å². The summed E-state index contributed by atoms with van der Waals surface area (Å²) < 4.78 is 10.3. The summed E-state index contributed by atoms with van der Waals surface area (Å²) in [6.45, 7) is 0. The molecule has 0 fully saturated rings. The molecule has 0 aliphatic heterocycles. The maximum Gasteiger partial charge on any atom is 0.139 e. The third-order valence-corrected chi connectivity index (χ3v) is 1.81. The molecule has 3 nitrogen and oxygen atoms in total. The molecule has 1 aromatic carbocycles. The van der Waals surface area contributed by atoms with Gasteiger partial charge in [-0.15, -0.1) is 0 Å². The third-order valence-electron chi connectivity index (χ3n) is 1.81. The highest BCUT2D eigenvalue weighted by atomic mass is 16.5. The third kappa shape index (κ3) is 0.830. The SMILES string of the molecule is COc1cccc2occ(N)c12. The number of methoxy groups -OCH3 is 1. The van der Waals surface area contributed by atoms with Crippen molar-refractivity contribution in [2.45, 2.75) is 0 Å². The fourth-order valence-corrected chi connectivity index (χ4v) is 1.25. The zero-order valence-electron chi connectivity index (χ0n) is 6.70. The van der Waals surface area contributed by atoms with E-state index in [1.54, 1.807) is 7.11 Å². The van der Waals surface area contributed by atoms with Crippen LogP contribution in [0.1, 0.15) is 0 Å². The lowest BCUT2D eigenvalue weighted by atomic mass is 10.2. The van der Waals surface area contributed by atoms with Gasteiger partial charge in [-0.3, -0.25) is 0 Å². The van der Waals surface area contributed by atoms with Crippen molar-refractivity contribution in [3.05, 3.63) is 24.5 Å². The largest absolute Gasteiger partial charge is 0.496 e. The molecular formula is C9H9NO2. The van der Waals surface area contributed by atoms with E-state index in [9.17, 15) is 0 Å². The van der Waals surface area contributed by atoms with Gasteiger partial charge in [0.15, 0.2) is 0 Å². The summed E-state index contributed by atoms with van der Waals surface area (Å²) in [5.41, 5.74) is 7.05. The van der Waals surface area contributed by atoms with Crippen molar-refractivity contribution in [1.82, 2.24) is 0 Å². The van der Waals surface area contributed by atoms with Crippen molar-refractivity contribution in [2.24, 2.45) is 0 Å². The number of furan rings is 1. The normalized spacial score (nSPS) is 10.4. The Morgan fingerprint density at radius 3 is 3.00 bits per heavy atom. The van der Waals surface area contributed by atoms with Gasteiger partial charge in [0.2, 0.25) is 0 Å². The van der Waals surface area contributed by atoms with Crippen molar-refractivity contribution in [2.75, 3.05) is 12.8 Å². The number of hydrogen-bond acceptors (Lipinski definition) is 3. The van der Waals surface area contributed by atoms with Crippen LogP contribution < -0.4 is 10.5 Å². The molecule has 1 aromatic heterocycles. The number of nitrogen functional groups attached to an aromatic ring is 1. The Morgan fingerprint density at radius 1 is 1.42 bits per heavy atom. The first kappa shape index (κ1) is 7.03. The minimum absolute atomic E-state index is 0.613. The molecule has 0 atom stereocenters. The standard InChI is InChI=1S/C9H9NO2/c1-11-7-3-2-4-8-9(7)6(10)5-12-8/h2-5H,10H2,1H3. The van der Waals surface area contributed by atoms with Crippen molar-refractivity contribution in [1.29, 1.82) is 0 Å². The van der Waals surface area contributed by atoms with Crippen molar-refractivity contribution in [3.63, 3.8) is 0 Å². The van der Waals surface area contributed by atoms with Gasteiger partial charge < -0.3 is 14.9 Å². The van der Waals surface area contributed by atoms with E-state index in [0.717, 1.165) is 16.7 Å². The maximum absolute atomic E-state index is 5.68. The highest BCUT2D eigenvalue weighted by Crippen LogP contribution is 2.31. The molecule has 0 aliphatic rings. The minimum atomic E-state index is 0.613. The highest BCUT2D eigenvalue weighted by Gasteiger charge is 2.06. The quantitative estimate of drug-likeness (QED) is 0.699. The van der Waals surface area contributed by atoms with Crippen LogP contribution in [0.4, 0.5) is 5.69 Å². The van der Waals surface area contributed by atoms with Gasteiger partial charge in [-0.2, -0.15) is 0 Å². The van der Waals surface area contributed by atoms with Crippen molar-refractivity contribution in [3.8, 4) is 5.75 Å². The molecule has 2 rings (SSSR count). The first-order valence-electron chi connectivity index (χ1n) is 3.62. The topological polar surface area (TPSA) is 48.4 Å². The van der Waals surface area contributed by atoms with Gasteiger partial charge in [-0.05, 0) is 12.1 Å². The Kier molecular flexibility index (Phi) is 1.43. The van der Waals surface area contributed by atoms with E-state index in [1.807, 2.05) is 18.2 Å². The molecule has 62 valence electrons. The molecule has 12 heavy (non-hydrogen) atoms. The number of nitrogens with two attached hydrogens (primary N) is 1. The predicted octanol–water partition coefficient (Wildman–Crippen LogP) is 2.02. The summed E-state index contributed by atoms with van der Waals surface area (Å²) in [6.07, 6.45) is 1.52. The van der Waals surface area contributed by atoms with Crippen LogP contribution in [0.3, 0.4) is 0 Å². The maximum atomic E-state index is 5.68. The fourth-order valence-electron chi connectivity index (χ4n) is 1.25. The Morgan fingerprint density at radius 2 is 2.25 bits per heavy atom. The molecule has 2 aromatic rings. The average Bonchev–Trinajstić information content (AvgIpc) is 2.48. The molecule has 0 aliphatic carbocycles. The number of hydrogen-bond donors (Lipinski definition) is 1. The Balaban J connectivity index is 2.84. The molecular weight excluding hydrogens is 154 g/mol. The lowest BCUT2D eigenvalue weighted by molar-refractivity contribution is 0.419. The lowest BCUT2D eigenvalue weighted by Gasteiger charge is -1.99. The molecule has 0 bridgehead atoms. The predicted molar refractivity (Wildman–Crippen MR) is 47.2 cm³/mol. The summed E-state index contributed by atoms with van der Waals surface area (Å²) in [5, 5.41) is 0.847. The average molecular weight is 163 g/mol. The number of ether oxygens (including phenoxy) is 1. The van der Waals surface area contributed by atoms with E-state index in [4.69, 9.17) is 14.9 Å². The van der Waals surface area contributed by atoms with Crippen LogP contribution in [0.25, 0.3) is 11.0 Å². The molecule has 3 heteroatoms. The molecule has 0 unspecified atom stereocenters. The van der Waals surface area contributed by atoms with Crippen LogP contribution in [-0.2, 0) is 0 Å². The van der Waals surface area contributed by atoms with Gasteiger partial charge in [0.1, 0.15) is 17.6 Å². The van der Waals surface area contributed by atoms with Gasteiger partial charge in [0, 0.05) is 0 Å². The van der Waals surface area contributed by atoms with Crippen molar-refractivity contribution >= 4 is 16.7 Å². The molecule has 0 spiro atoms. The van der Waals surface area contributed by atoms with Gasteiger partial charge >= 0.3 is 0 Å². The molecule has 0 amide bonds. The van der Waals surface area contributed by atoms with E-state index in [1.165, 1.54) is 6.26 Å². The van der Waals surface area contributed by atoms with Crippen LogP contribution in [0, 0.1) is 0 Å². The number of fused-ring (bicyclic) bond motifs is 1. The first-order chi connectivity index (χ1) is 5.83. The molecule has 0 saturated heterocycles. The monoisotopic (exact) mass is 163 g/mol. The second-order valence-electron chi connectivity index (χ2n) is 2.52. The van der Waals surface area contributed by atoms with E-state index >= 15 is 0 Å². The summed E-state index contributed by atoms with van der Waals surface area (Å²) in [5.74, 6) is 0.749. The van der Waals surface area contributed by atoms with E-state index in [2.05, 4.69) is 0 Å². The van der Waals surface area contributed by atoms with Gasteiger partial charge in [0.05, 0.1) is 18.2 Å². The van der Waals surface area contributed by atoms with Crippen LogP contribution in [0.15, 0.2) is 28.9 Å². The Hall–Kier alpha value is -1.64. The molecule has 2 N–H and O–H groups in total. The Labute approximate surface area is 69.7 Å².